The van der Waals surface area contributed by atoms with Gasteiger partial charge in [0.1, 0.15) is 5.82 Å². The fraction of sp³-hybridized carbons (Fsp3) is 0.533. The van der Waals surface area contributed by atoms with Gasteiger partial charge in [-0.3, -0.25) is 4.79 Å². The van der Waals surface area contributed by atoms with Gasteiger partial charge in [-0.2, -0.15) is 0 Å². The Morgan fingerprint density at radius 1 is 1.26 bits per heavy atom. The highest BCUT2D eigenvalue weighted by atomic mass is 79.9. The lowest BCUT2D eigenvalue weighted by molar-refractivity contribution is -0.116. The van der Waals surface area contributed by atoms with Crippen molar-refractivity contribution < 1.29 is 9.18 Å². The number of hydrogen-bond acceptors (Lipinski definition) is 1. The van der Waals surface area contributed by atoms with Crippen molar-refractivity contribution in [3.8, 4) is 0 Å². The average Bonchev–Trinajstić information content (AvgIpc) is 2.78. The smallest absolute Gasteiger partial charge is 0.240 e. The van der Waals surface area contributed by atoms with Gasteiger partial charge in [0.25, 0.3) is 0 Å². The SMILES string of the molecule is CC.CC.Cc1ccc(N2CCC(Br)C2=O)cc1F. The van der Waals surface area contributed by atoms with Crippen LogP contribution < -0.4 is 4.90 Å². The van der Waals surface area contributed by atoms with Crippen LogP contribution in [-0.2, 0) is 4.79 Å². The number of nitrogens with zero attached hydrogens (tertiary/aromatic N) is 1. The van der Waals surface area contributed by atoms with Crippen LogP contribution in [0.4, 0.5) is 10.1 Å². The monoisotopic (exact) mass is 331 g/mol. The zero-order chi connectivity index (χ0) is 15.0. The van der Waals surface area contributed by atoms with Crippen molar-refractivity contribution in [1.29, 1.82) is 0 Å². The first-order valence-corrected chi connectivity index (χ1v) is 7.73. The third-order valence-electron chi connectivity index (χ3n) is 2.61. The molecule has 19 heavy (non-hydrogen) atoms. The van der Waals surface area contributed by atoms with Crippen molar-refractivity contribution in [3.63, 3.8) is 0 Å². The van der Waals surface area contributed by atoms with E-state index >= 15 is 0 Å². The van der Waals surface area contributed by atoms with Gasteiger partial charge in [-0.1, -0.05) is 49.7 Å². The van der Waals surface area contributed by atoms with Crippen molar-refractivity contribution in [1.82, 2.24) is 0 Å². The van der Waals surface area contributed by atoms with Crippen LogP contribution in [0.2, 0.25) is 0 Å². The van der Waals surface area contributed by atoms with Crippen molar-refractivity contribution in [3.05, 3.63) is 29.6 Å². The highest BCUT2D eigenvalue weighted by Gasteiger charge is 2.30. The summed E-state index contributed by atoms with van der Waals surface area (Å²) < 4.78 is 13.3. The maximum absolute atomic E-state index is 13.3. The molecule has 0 N–H and O–H groups in total. The Labute approximate surface area is 124 Å². The topological polar surface area (TPSA) is 20.3 Å². The molecular formula is C15H23BrFNO. The van der Waals surface area contributed by atoms with E-state index in [4.69, 9.17) is 0 Å². The van der Waals surface area contributed by atoms with E-state index in [-0.39, 0.29) is 16.6 Å². The number of carbonyl (C=O) groups excluding carboxylic acids is 1. The van der Waals surface area contributed by atoms with Gasteiger partial charge in [0.2, 0.25) is 5.91 Å². The summed E-state index contributed by atoms with van der Waals surface area (Å²) in [5, 5.41) is 0. The molecule has 1 aromatic rings. The molecule has 108 valence electrons. The van der Waals surface area contributed by atoms with Gasteiger partial charge >= 0.3 is 0 Å². The predicted octanol–water partition coefficient (Wildman–Crippen LogP) is 4.69. The van der Waals surface area contributed by atoms with E-state index in [9.17, 15) is 9.18 Å². The van der Waals surface area contributed by atoms with Crippen LogP contribution in [0.1, 0.15) is 39.7 Å². The third-order valence-corrected chi connectivity index (χ3v) is 3.46. The van der Waals surface area contributed by atoms with E-state index in [2.05, 4.69) is 15.9 Å². The maximum Gasteiger partial charge on any atom is 0.240 e. The Bertz CT molecular complexity index is 409. The highest BCUT2D eigenvalue weighted by molar-refractivity contribution is 9.10. The first-order chi connectivity index (χ1) is 9.09. The summed E-state index contributed by atoms with van der Waals surface area (Å²) >= 11 is 3.29. The Kier molecular flexibility index (Phi) is 8.65. The Morgan fingerprint density at radius 3 is 2.26 bits per heavy atom. The molecule has 4 heteroatoms. The molecule has 1 unspecified atom stereocenters. The molecule has 2 rings (SSSR count). The predicted molar refractivity (Wildman–Crippen MR) is 83.5 cm³/mol. The van der Waals surface area contributed by atoms with E-state index in [1.54, 1.807) is 24.0 Å². The minimum Gasteiger partial charge on any atom is -0.311 e. The molecule has 1 saturated heterocycles. The van der Waals surface area contributed by atoms with Gasteiger partial charge in [0.15, 0.2) is 0 Å². The molecule has 0 saturated carbocycles. The fourth-order valence-corrected chi connectivity index (χ4v) is 2.10. The largest absolute Gasteiger partial charge is 0.311 e. The Morgan fingerprint density at radius 2 is 1.84 bits per heavy atom. The van der Waals surface area contributed by atoms with Crippen LogP contribution in [0.15, 0.2) is 18.2 Å². The number of carbonyl (C=O) groups is 1. The van der Waals surface area contributed by atoms with Gasteiger partial charge in [-0.05, 0) is 31.0 Å². The summed E-state index contributed by atoms with van der Waals surface area (Å²) in [6.45, 7) is 10.4. The lowest BCUT2D eigenvalue weighted by Crippen LogP contribution is -2.27. The molecule has 2 nitrogen and oxygen atoms in total. The number of amides is 1. The lowest BCUT2D eigenvalue weighted by Gasteiger charge is -2.16. The first kappa shape index (κ1) is 18.1. The van der Waals surface area contributed by atoms with Crippen LogP contribution >= 0.6 is 15.9 Å². The fourth-order valence-electron chi connectivity index (χ4n) is 1.65. The summed E-state index contributed by atoms with van der Waals surface area (Å²) in [7, 11) is 0. The number of aryl methyl sites for hydroxylation is 1. The standard InChI is InChI=1S/C11H11BrFNO.2C2H6/c1-7-2-3-8(6-10(7)13)14-5-4-9(12)11(14)15;2*1-2/h2-3,6,9H,4-5H2,1H3;2*1-2H3. The van der Waals surface area contributed by atoms with Crippen molar-refractivity contribution >= 4 is 27.5 Å². The summed E-state index contributed by atoms with van der Waals surface area (Å²) in [6, 6.07) is 4.89. The number of alkyl halides is 1. The number of anilines is 1. The molecule has 1 atom stereocenters. The van der Waals surface area contributed by atoms with Gasteiger partial charge in [-0.15, -0.1) is 0 Å². The molecule has 1 fully saturated rings. The lowest BCUT2D eigenvalue weighted by atomic mass is 10.2. The van der Waals surface area contributed by atoms with Gasteiger partial charge in [0, 0.05) is 12.2 Å². The van der Waals surface area contributed by atoms with Gasteiger partial charge < -0.3 is 4.90 Å². The zero-order valence-electron chi connectivity index (χ0n) is 12.3. The molecule has 1 aromatic carbocycles. The molecule has 0 radical (unpaired) electrons. The third kappa shape index (κ3) is 4.60. The van der Waals surface area contributed by atoms with E-state index in [0.29, 0.717) is 17.8 Å². The first-order valence-electron chi connectivity index (χ1n) is 6.81. The molecule has 1 heterocycles. The van der Waals surface area contributed by atoms with E-state index in [1.807, 2.05) is 27.7 Å². The summed E-state index contributed by atoms with van der Waals surface area (Å²) in [5.41, 5.74) is 1.24. The molecule has 0 spiro atoms. The van der Waals surface area contributed by atoms with E-state index < -0.39 is 0 Å². The normalized spacial score (nSPS) is 17.3. The van der Waals surface area contributed by atoms with E-state index in [1.165, 1.54) is 6.07 Å². The van der Waals surface area contributed by atoms with Crippen molar-refractivity contribution in [2.75, 3.05) is 11.4 Å². The van der Waals surface area contributed by atoms with Gasteiger partial charge in [-0.25, -0.2) is 4.39 Å². The Hall–Kier alpha value is -0.900. The summed E-state index contributed by atoms with van der Waals surface area (Å²) in [4.78, 5) is 13.1. The number of halogens is 2. The maximum atomic E-state index is 13.3. The molecule has 1 amide bonds. The van der Waals surface area contributed by atoms with Crippen LogP contribution in [0.3, 0.4) is 0 Å². The minimum atomic E-state index is -0.265. The second-order valence-corrected chi connectivity index (χ2v) is 4.78. The average molecular weight is 332 g/mol. The molecular weight excluding hydrogens is 309 g/mol. The number of rotatable bonds is 1. The van der Waals surface area contributed by atoms with Crippen LogP contribution in [-0.4, -0.2) is 17.3 Å². The number of hydrogen-bond donors (Lipinski definition) is 0. The molecule has 1 aliphatic rings. The summed E-state index contributed by atoms with van der Waals surface area (Å²) in [6.07, 6.45) is 0.772. The molecule has 0 aliphatic carbocycles. The second-order valence-electron chi connectivity index (χ2n) is 3.68. The van der Waals surface area contributed by atoms with E-state index in [0.717, 1.165) is 6.42 Å². The zero-order valence-corrected chi connectivity index (χ0v) is 13.9. The van der Waals surface area contributed by atoms with Crippen molar-refractivity contribution in [2.24, 2.45) is 0 Å². The second kappa shape index (κ2) is 9.08. The highest BCUT2D eigenvalue weighted by Crippen LogP contribution is 2.26. The molecule has 1 aliphatic heterocycles. The van der Waals surface area contributed by atoms with Gasteiger partial charge in [0.05, 0.1) is 4.83 Å². The van der Waals surface area contributed by atoms with Crippen molar-refractivity contribution in [2.45, 2.75) is 45.9 Å². The molecule has 0 bridgehead atoms. The quantitative estimate of drug-likeness (QED) is 0.684. The minimum absolute atomic E-state index is 0.0123. The van der Waals surface area contributed by atoms with Crippen LogP contribution in [0, 0.1) is 12.7 Å². The van der Waals surface area contributed by atoms with Crippen LogP contribution in [0.25, 0.3) is 0 Å². The summed E-state index contributed by atoms with van der Waals surface area (Å²) in [5.74, 6) is -0.253. The van der Waals surface area contributed by atoms with Crippen LogP contribution in [0.5, 0.6) is 0 Å². The molecule has 0 aromatic heterocycles. The number of benzene rings is 1. The Balaban J connectivity index is 0.000000741.